The van der Waals surface area contributed by atoms with E-state index in [1.165, 1.54) is 13.2 Å². The standard InChI is InChI=1S/C14H21NO5S/c1-5-14(2,3)13(16)15-12-7-6-11(20-4)8-10(12)9-21(17,18)19/h6-8H,5,9H2,1-4H3,(H,15,16)(H,17,18,19). The summed E-state index contributed by atoms with van der Waals surface area (Å²) in [6.07, 6.45) is 0.641. The molecular formula is C14H21NO5S. The van der Waals surface area contributed by atoms with Gasteiger partial charge in [0, 0.05) is 11.1 Å². The van der Waals surface area contributed by atoms with E-state index >= 15 is 0 Å². The van der Waals surface area contributed by atoms with E-state index in [2.05, 4.69) is 5.32 Å². The van der Waals surface area contributed by atoms with Crippen molar-refractivity contribution in [3.8, 4) is 5.75 Å². The number of methoxy groups -OCH3 is 1. The van der Waals surface area contributed by atoms with E-state index in [0.717, 1.165) is 0 Å². The zero-order valence-electron chi connectivity index (χ0n) is 12.6. The topological polar surface area (TPSA) is 92.7 Å². The summed E-state index contributed by atoms with van der Waals surface area (Å²) in [6.45, 7) is 5.50. The molecule has 1 amide bonds. The summed E-state index contributed by atoms with van der Waals surface area (Å²) in [5.41, 5.74) is 0.0482. The summed E-state index contributed by atoms with van der Waals surface area (Å²) in [6, 6.07) is 4.65. The van der Waals surface area contributed by atoms with Crippen LogP contribution in [0.25, 0.3) is 0 Å². The molecule has 0 heterocycles. The molecule has 0 saturated heterocycles. The quantitative estimate of drug-likeness (QED) is 0.787. The van der Waals surface area contributed by atoms with Crippen molar-refractivity contribution in [2.24, 2.45) is 5.41 Å². The third kappa shape index (κ3) is 5.02. The zero-order chi connectivity index (χ0) is 16.3. The summed E-state index contributed by atoms with van der Waals surface area (Å²) in [7, 11) is -2.76. The molecule has 0 unspecified atom stereocenters. The van der Waals surface area contributed by atoms with E-state index in [1.807, 2.05) is 6.92 Å². The molecule has 0 aliphatic rings. The summed E-state index contributed by atoms with van der Waals surface area (Å²) in [5.74, 6) is -0.361. The normalized spacial score (nSPS) is 12.0. The van der Waals surface area contributed by atoms with Crippen LogP contribution in [-0.4, -0.2) is 26.0 Å². The monoisotopic (exact) mass is 315 g/mol. The minimum Gasteiger partial charge on any atom is -0.497 e. The van der Waals surface area contributed by atoms with E-state index in [9.17, 15) is 13.2 Å². The number of rotatable bonds is 6. The van der Waals surface area contributed by atoms with Gasteiger partial charge in [0.1, 0.15) is 11.5 Å². The first-order chi connectivity index (χ1) is 9.59. The third-order valence-corrected chi connectivity index (χ3v) is 4.07. The first-order valence-electron chi connectivity index (χ1n) is 6.52. The van der Waals surface area contributed by atoms with Crippen molar-refractivity contribution in [2.75, 3.05) is 12.4 Å². The molecule has 0 bridgehead atoms. The van der Waals surface area contributed by atoms with Gasteiger partial charge in [-0.2, -0.15) is 8.42 Å². The van der Waals surface area contributed by atoms with Gasteiger partial charge in [-0.25, -0.2) is 0 Å². The minimum absolute atomic E-state index is 0.216. The van der Waals surface area contributed by atoms with Crippen molar-refractivity contribution >= 4 is 21.7 Å². The Morgan fingerprint density at radius 2 is 2.00 bits per heavy atom. The number of anilines is 1. The van der Waals surface area contributed by atoms with Crippen LogP contribution in [-0.2, 0) is 20.7 Å². The molecule has 0 radical (unpaired) electrons. The predicted octanol–water partition coefficient (Wildman–Crippen LogP) is 2.46. The van der Waals surface area contributed by atoms with Crippen LogP contribution in [0.2, 0.25) is 0 Å². The van der Waals surface area contributed by atoms with E-state index in [-0.39, 0.29) is 11.5 Å². The highest BCUT2D eigenvalue weighted by Gasteiger charge is 2.26. The molecule has 0 aliphatic carbocycles. The molecule has 0 saturated carbocycles. The molecule has 0 spiro atoms. The molecular weight excluding hydrogens is 294 g/mol. The van der Waals surface area contributed by atoms with Crippen LogP contribution in [0.5, 0.6) is 5.75 Å². The van der Waals surface area contributed by atoms with E-state index in [0.29, 0.717) is 17.9 Å². The fourth-order valence-electron chi connectivity index (χ4n) is 1.59. The van der Waals surface area contributed by atoms with Crippen LogP contribution in [0, 0.1) is 5.41 Å². The van der Waals surface area contributed by atoms with Gasteiger partial charge in [-0.3, -0.25) is 9.35 Å². The summed E-state index contributed by atoms with van der Waals surface area (Å²) < 4.78 is 36.2. The van der Waals surface area contributed by atoms with Gasteiger partial charge in [0.2, 0.25) is 5.91 Å². The highest BCUT2D eigenvalue weighted by Crippen LogP contribution is 2.27. The van der Waals surface area contributed by atoms with E-state index in [1.54, 1.807) is 26.0 Å². The van der Waals surface area contributed by atoms with Gasteiger partial charge in [-0.15, -0.1) is 0 Å². The van der Waals surface area contributed by atoms with Crippen LogP contribution in [0.3, 0.4) is 0 Å². The number of carbonyl (C=O) groups excluding carboxylic acids is 1. The molecule has 0 aliphatic heterocycles. The minimum atomic E-state index is -4.21. The van der Waals surface area contributed by atoms with Gasteiger partial charge in [-0.05, 0) is 30.2 Å². The van der Waals surface area contributed by atoms with Crippen molar-refractivity contribution in [2.45, 2.75) is 32.9 Å². The Hall–Kier alpha value is -1.60. The maximum Gasteiger partial charge on any atom is 0.269 e. The van der Waals surface area contributed by atoms with Gasteiger partial charge in [0.25, 0.3) is 10.1 Å². The van der Waals surface area contributed by atoms with Crippen LogP contribution in [0.4, 0.5) is 5.69 Å². The lowest BCUT2D eigenvalue weighted by molar-refractivity contribution is -0.124. The second kappa shape index (κ2) is 6.44. The second-order valence-electron chi connectivity index (χ2n) is 5.44. The Balaban J connectivity index is 3.14. The van der Waals surface area contributed by atoms with Gasteiger partial charge in [0.15, 0.2) is 0 Å². The number of amides is 1. The molecule has 6 nitrogen and oxygen atoms in total. The van der Waals surface area contributed by atoms with Gasteiger partial charge < -0.3 is 10.1 Å². The maximum absolute atomic E-state index is 12.2. The SMILES string of the molecule is CCC(C)(C)C(=O)Nc1ccc(OC)cc1CS(=O)(=O)O. The predicted molar refractivity (Wildman–Crippen MR) is 80.9 cm³/mol. The molecule has 2 N–H and O–H groups in total. The molecule has 118 valence electrons. The smallest absolute Gasteiger partial charge is 0.269 e. The molecule has 1 rings (SSSR count). The molecule has 7 heteroatoms. The Bertz CT molecular complexity index is 622. The molecule has 1 aromatic rings. The first kappa shape index (κ1) is 17.5. The largest absolute Gasteiger partial charge is 0.497 e. The zero-order valence-corrected chi connectivity index (χ0v) is 13.5. The summed E-state index contributed by atoms with van der Waals surface area (Å²) >= 11 is 0. The Labute approximate surface area is 125 Å². The summed E-state index contributed by atoms with van der Waals surface area (Å²) in [4.78, 5) is 12.2. The molecule has 0 aromatic heterocycles. The van der Waals surface area contributed by atoms with Crippen molar-refractivity contribution in [1.82, 2.24) is 0 Å². The number of nitrogens with one attached hydrogen (secondary N) is 1. The molecule has 0 atom stereocenters. The van der Waals surface area contributed by atoms with Gasteiger partial charge in [0.05, 0.1) is 7.11 Å². The highest BCUT2D eigenvalue weighted by atomic mass is 32.2. The highest BCUT2D eigenvalue weighted by molar-refractivity contribution is 7.85. The Morgan fingerprint density at radius 1 is 1.38 bits per heavy atom. The van der Waals surface area contributed by atoms with Crippen LogP contribution < -0.4 is 10.1 Å². The van der Waals surface area contributed by atoms with Gasteiger partial charge in [-0.1, -0.05) is 20.8 Å². The van der Waals surface area contributed by atoms with Crippen molar-refractivity contribution in [3.05, 3.63) is 23.8 Å². The fraction of sp³-hybridized carbons (Fsp3) is 0.500. The van der Waals surface area contributed by atoms with Crippen molar-refractivity contribution < 1.29 is 22.5 Å². The lowest BCUT2D eigenvalue weighted by atomic mass is 9.89. The second-order valence-corrected chi connectivity index (χ2v) is 6.89. The van der Waals surface area contributed by atoms with E-state index < -0.39 is 21.3 Å². The Kier molecular flexibility index (Phi) is 5.36. The Morgan fingerprint density at radius 3 is 2.48 bits per heavy atom. The van der Waals surface area contributed by atoms with Crippen molar-refractivity contribution in [3.63, 3.8) is 0 Å². The molecule has 1 aromatic carbocycles. The molecule has 0 fully saturated rings. The van der Waals surface area contributed by atoms with E-state index in [4.69, 9.17) is 9.29 Å². The fourth-order valence-corrected chi connectivity index (χ4v) is 2.22. The number of ether oxygens (including phenoxy) is 1. The lowest BCUT2D eigenvalue weighted by Gasteiger charge is -2.22. The van der Waals surface area contributed by atoms with Crippen LogP contribution in [0.1, 0.15) is 32.8 Å². The lowest BCUT2D eigenvalue weighted by Crippen LogP contribution is -2.30. The third-order valence-electron chi connectivity index (χ3n) is 3.40. The number of benzene rings is 1. The maximum atomic E-state index is 12.2. The first-order valence-corrected chi connectivity index (χ1v) is 8.13. The number of hydrogen-bond donors (Lipinski definition) is 2. The van der Waals surface area contributed by atoms with Crippen molar-refractivity contribution in [1.29, 1.82) is 0 Å². The van der Waals surface area contributed by atoms with Crippen LogP contribution in [0.15, 0.2) is 18.2 Å². The van der Waals surface area contributed by atoms with Crippen LogP contribution >= 0.6 is 0 Å². The number of hydrogen-bond acceptors (Lipinski definition) is 4. The number of carbonyl (C=O) groups is 1. The molecule has 21 heavy (non-hydrogen) atoms. The average molecular weight is 315 g/mol. The summed E-state index contributed by atoms with van der Waals surface area (Å²) in [5, 5.41) is 2.71. The average Bonchev–Trinajstić information content (AvgIpc) is 2.38. The van der Waals surface area contributed by atoms with Gasteiger partial charge >= 0.3 is 0 Å².